The summed E-state index contributed by atoms with van der Waals surface area (Å²) in [6.07, 6.45) is 1.90. The molecule has 66 valence electrons. The van der Waals surface area contributed by atoms with Crippen LogP contribution in [-0.4, -0.2) is 6.54 Å². The molecule has 0 aliphatic carbocycles. The Balaban J connectivity index is 3.00. The molecule has 1 aromatic rings. The first-order chi connectivity index (χ1) is 5.79. The topological polar surface area (TPSA) is 26.0 Å². The van der Waals surface area contributed by atoms with Gasteiger partial charge in [0.25, 0.3) is 0 Å². The first kappa shape index (κ1) is 9.56. The number of nitrogens with two attached hydrogens (primary N) is 1. The van der Waals surface area contributed by atoms with Crippen molar-refractivity contribution in [1.29, 1.82) is 0 Å². The predicted octanol–water partition coefficient (Wildman–Crippen LogP) is 2.40. The van der Waals surface area contributed by atoms with E-state index in [9.17, 15) is 0 Å². The van der Waals surface area contributed by atoms with Gasteiger partial charge in [-0.05, 0) is 36.6 Å². The van der Waals surface area contributed by atoms with Gasteiger partial charge in [-0.15, -0.1) is 0 Å². The molecule has 1 aromatic carbocycles. The maximum atomic E-state index is 6.02. The summed E-state index contributed by atoms with van der Waals surface area (Å²) in [5.41, 5.74) is 8.02. The van der Waals surface area contributed by atoms with Crippen LogP contribution in [0.5, 0.6) is 0 Å². The van der Waals surface area contributed by atoms with Crippen molar-refractivity contribution in [3.63, 3.8) is 0 Å². The molecule has 0 aliphatic rings. The fourth-order valence-corrected chi connectivity index (χ4v) is 1.72. The van der Waals surface area contributed by atoms with Crippen LogP contribution in [0.3, 0.4) is 0 Å². The van der Waals surface area contributed by atoms with E-state index in [1.807, 2.05) is 12.1 Å². The van der Waals surface area contributed by atoms with Crippen LogP contribution in [0.15, 0.2) is 18.2 Å². The van der Waals surface area contributed by atoms with Crippen LogP contribution in [0.2, 0.25) is 5.02 Å². The molecule has 0 unspecified atom stereocenters. The number of hydrogen-bond donors (Lipinski definition) is 1. The lowest BCUT2D eigenvalue weighted by molar-refractivity contribution is 0.939. The van der Waals surface area contributed by atoms with Crippen molar-refractivity contribution in [2.24, 2.45) is 5.73 Å². The quantitative estimate of drug-likeness (QED) is 0.766. The Kier molecular flexibility index (Phi) is 3.57. The van der Waals surface area contributed by atoms with Gasteiger partial charge in [-0.2, -0.15) is 0 Å². The first-order valence-electron chi connectivity index (χ1n) is 4.26. The van der Waals surface area contributed by atoms with E-state index in [2.05, 4.69) is 13.0 Å². The average Bonchev–Trinajstić information content (AvgIpc) is 2.05. The largest absolute Gasteiger partial charge is 0.330 e. The van der Waals surface area contributed by atoms with E-state index in [-0.39, 0.29) is 0 Å². The van der Waals surface area contributed by atoms with Crippen molar-refractivity contribution in [1.82, 2.24) is 0 Å². The molecule has 0 saturated heterocycles. The second kappa shape index (κ2) is 4.48. The molecule has 2 heteroatoms. The number of halogens is 1. The van der Waals surface area contributed by atoms with E-state index >= 15 is 0 Å². The number of benzene rings is 1. The predicted molar refractivity (Wildman–Crippen MR) is 53.6 cm³/mol. The smallest absolute Gasteiger partial charge is 0.0440 e. The monoisotopic (exact) mass is 183 g/mol. The van der Waals surface area contributed by atoms with Crippen LogP contribution in [0.25, 0.3) is 0 Å². The summed E-state index contributed by atoms with van der Waals surface area (Å²) in [5.74, 6) is 0. The molecule has 0 fully saturated rings. The zero-order chi connectivity index (χ0) is 8.97. The molecule has 0 radical (unpaired) electrons. The fraction of sp³-hybridized carbons (Fsp3) is 0.400. The summed E-state index contributed by atoms with van der Waals surface area (Å²) in [6.45, 7) is 2.80. The third kappa shape index (κ3) is 1.99. The zero-order valence-electron chi connectivity index (χ0n) is 7.31. The standard InChI is InChI=1S/C10H14ClN/c1-2-9-8(6-7-12)4-3-5-10(9)11/h3-5H,2,6-7,12H2,1H3. The Morgan fingerprint density at radius 2 is 2.17 bits per heavy atom. The molecule has 0 aliphatic heterocycles. The van der Waals surface area contributed by atoms with E-state index in [0.717, 1.165) is 17.9 Å². The Morgan fingerprint density at radius 3 is 2.75 bits per heavy atom. The van der Waals surface area contributed by atoms with E-state index in [1.165, 1.54) is 11.1 Å². The summed E-state index contributed by atoms with van der Waals surface area (Å²) in [6, 6.07) is 6.00. The highest BCUT2D eigenvalue weighted by atomic mass is 35.5. The van der Waals surface area contributed by atoms with Gasteiger partial charge >= 0.3 is 0 Å². The van der Waals surface area contributed by atoms with Crippen LogP contribution < -0.4 is 5.73 Å². The fourth-order valence-electron chi connectivity index (χ4n) is 1.39. The van der Waals surface area contributed by atoms with Gasteiger partial charge in [-0.1, -0.05) is 30.7 Å². The van der Waals surface area contributed by atoms with Crippen LogP contribution in [0.1, 0.15) is 18.1 Å². The normalized spacial score (nSPS) is 10.2. The van der Waals surface area contributed by atoms with E-state index in [1.54, 1.807) is 0 Å². The minimum Gasteiger partial charge on any atom is -0.330 e. The maximum absolute atomic E-state index is 6.02. The molecule has 1 rings (SSSR count). The number of rotatable bonds is 3. The van der Waals surface area contributed by atoms with E-state index in [0.29, 0.717) is 6.54 Å². The Bertz CT molecular complexity index is 258. The van der Waals surface area contributed by atoms with E-state index in [4.69, 9.17) is 17.3 Å². The lowest BCUT2D eigenvalue weighted by atomic mass is 10.0. The van der Waals surface area contributed by atoms with Gasteiger partial charge in [0.1, 0.15) is 0 Å². The molecule has 0 spiro atoms. The molecule has 0 atom stereocenters. The molecule has 0 heterocycles. The van der Waals surface area contributed by atoms with Gasteiger partial charge in [0.05, 0.1) is 0 Å². The molecular weight excluding hydrogens is 170 g/mol. The van der Waals surface area contributed by atoms with Crippen molar-refractivity contribution in [3.05, 3.63) is 34.3 Å². The summed E-state index contributed by atoms with van der Waals surface area (Å²) in [7, 11) is 0. The lowest BCUT2D eigenvalue weighted by Gasteiger charge is -2.07. The third-order valence-corrected chi connectivity index (χ3v) is 2.34. The molecule has 0 saturated carbocycles. The molecule has 0 aromatic heterocycles. The van der Waals surface area contributed by atoms with Gasteiger partial charge < -0.3 is 5.73 Å². The third-order valence-electron chi connectivity index (χ3n) is 1.98. The van der Waals surface area contributed by atoms with Crippen LogP contribution in [0, 0.1) is 0 Å². The molecule has 1 nitrogen and oxygen atoms in total. The lowest BCUT2D eigenvalue weighted by Crippen LogP contribution is -2.05. The van der Waals surface area contributed by atoms with Crippen molar-refractivity contribution in [2.75, 3.05) is 6.54 Å². The molecule has 2 N–H and O–H groups in total. The summed E-state index contributed by atoms with van der Waals surface area (Å²) in [4.78, 5) is 0. The zero-order valence-corrected chi connectivity index (χ0v) is 8.06. The van der Waals surface area contributed by atoms with Gasteiger partial charge in [0.2, 0.25) is 0 Å². The second-order valence-electron chi connectivity index (χ2n) is 2.77. The summed E-state index contributed by atoms with van der Waals surface area (Å²) >= 11 is 6.02. The highest BCUT2D eigenvalue weighted by Crippen LogP contribution is 2.20. The minimum absolute atomic E-state index is 0.688. The van der Waals surface area contributed by atoms with Gasteiger partial charge in [0, 0.05) is 5.02 Å². The van der Waals surface area contributed by atoms with Crippen molar-refractivity contribution < 1.29 is 0 Å². The highest BCUT2D eigenvalue weighted by molar-refractivity contribution is 6.31. The molecular formula is C10H14ClN. The van der Waals surface area contributed by atoms with Crippen LogP contribution >= 0.6 is 11.6 Å². The molecule has 12 heavy (non-hydrogen) atoms. The van der Waals surface area contributed by atoms with Gasteiger partial charge in [-0.3, -0.25) is 0 Å². The van der Waals surface area contributed by atoms with Crippen molar-refractivity contribution >= 4 is 11.6 Å². The van der Waals surface area contributed by atoms with E-state index < -0.39 is 0 Å². The van der Waals surface area contributed by atoms with Crippen LogP contribution in [-0.2, 0) is 12.8 Å². The van der Waals surface area contributed by atoms with Gasteiger partial charge in [0.15, 0.2) is 0 Å². The Hall–Kier alpha value is -0.530. The summed E-state index contributed by atoms with van der Waals surface area (Å²) in [5, 5.41) is 0.864. The Morgan fingerprint density at radius 1 is 1.42 bits per heavy atom. The van der Waals surface area contributed by atoms with Gasteiger partial charge in [-0.25, -0.2) is 0 Å². The summed E-state index contributed by atoms with van der Waals surface area (Å²) < 4.78 is 0. The minimum atomic E-state index is 0.688. The van der Waals surface area contributed by atoms with Crippen LogP contribution in [0.4, 0.5) is 0 Å². The first-order valence-corrected chi connectivity index (χ1v) is 4.63. The molecule has 0 amide bonds. The second-order valence-corrected chi connectivity index (χ2v) is 3.18. The SMILES string of the molecule is CCc1c(Cl)cccc1CCN. The van der Waals surface area contributed by atoms with Crippen molar-refractivity contribution in [2.45, 2.75) is 19.8 Å². The maximum Gasteiger partial charge on any atom is 0.0440 e. The molecule has 0 bridgehead atoms. The highest BCUT2D eigenvalue weighted by Gasteiger charge is 2.02. The average molecular weight is 184 g/mol. The number of hydrogen-bond acceptors (Lipinski definition) is 1. The van der Waals surface area contributed by atoms with Crippen molar-refractivity contribution in [3.8, 4) is 0 Å². The Labute approximate surface area is 78.5 Å².